The summed E-state index contributed by atoms with van der Waals surface area (Å²) in [6, 6.07) is 5.65. The van der Waals surface area contributed by atoms with Gasteiger partial charge in [0.15, 0.2) is 0 Å². The smallest absolute Gasteiger partial charge is 0.142 e. The van der Waals surface area contributed by atoms with Crippen molar-refractivity contribution in [2.24, 2.45) is 5.84 Å². The molecule has 2 atom stereocenters. The van der Waals surface area contributed by atoms with Gasteiger partial charge >= 0.3 is 0 Å². The summed E-state index contributed by atoms with van der Waals surface area (Å²) < 4.78 is 0. The third kappa shape index (κ3) is 2.62. The van der Waals surface area contributed by atoms with Gasteiger partial charge in [0.25, 0.3) is 0 Å². The third-order valence-electron chi connectivity index (χ3n) is 2.96. The minimum atomic E-state index is -0.273. The summed E-state index contributed by atoms with van der Waals surface area (Å²) in [5, 5.41) is 13.1. The Bertz CT molecular complexity index is 345. The Balaban J connectivity index is 2.01. The molecule has 1 fully saturated rings. The van der Waals surface area contributed by atoms with Crippen molar-refractivity contribution in [1.82, 2.24) is 4.98 Å². The molecule has 1 saturated carbocycles. The number of rotatable bonds is 3. The van der Waals surface area contributed by atoms with E-state index in [-0.39, 0.29) is 12.1 Å². The van der Waals surface area contributed by atoms with E-state index in [2.05, 4.69) is 15.7 Å². The first-order chi connectivity index (χ1) is 7.79. The van der Waals surface area contributed by atoms with E-state index in [4.69, 9.17) is 5.84 Å². The molecule has 0 spiro atoms. The van der Waals surface area contributed by atoms with E-state index in [0.29, 0.717) is 5.82 Å². The summed E-state index contributed by atoms with van der Waals surface area (Å²) in [6.07, 6.45) is 3.85. The van der Waals surface area contributed by atoms with Crippen molar-refractivity contribution in [1.29, 1.82) is 0 Å². The van der Waals surface area contributed by atoms with E-state index in [9.17, 15) is 5.11 Å². The number of nitrogens with one attached hydrogen (secondary N) is 2. The molecule has 0 bridgehead atoms. The quantitative estimate of drug-likeness (QED) is 0.454. The molecule has 5 nitrogen and oxygen atoms in total. The van der Waals surface area contributed by atoms with Gasteiger partial charge in [-0.2, -0.15) is 0 Å². The molecule has 0 aliphatic heterocycles. The van der Waals surface area contributed by atoms with Crippen molar-refractivity contribution in [3.05, 3.63) is 18.2 Å². The van der Waals surface area contributed by atoms with Crippen LogP contribution in [0, 0.1) is 0 Å². The van der Waals surface area contributed by atoms with Crippen LogP contribution in [0.5, 0.6) is 0 Å². The standard InChI is InChI=1S/C11H18N4O/c12-15-11-7-3-6-10(14-11)13-8-4-1-2-5-9(8)16/h3,6-9,16H,1-2,4-5,12H2,(H2,13,14,15). The van der Waals surface area contributed by atoms with Crippen molar-refractivity contribution in [3.63, 3.8) is 0 Å². The Morgan fingerprint density at radius 3 is 2.75 bits per heavy atom. The molecule has 16 heavy (non-hydrogen) atoms. The first-order valence-corrected chi connectivity index (χ1v) is 5.68. The van der Waals surface area contributed by atoms with E-state index in [1.807, 2.05) is 12.1 Å². The van der Waals surface area contributed by atoms with Gasteiger partial charge in [0.2, 0.25) is 0 Å². The molecule has 5 heteroatoms. The van der Waals surface area contributed by atoms with Gasteiger partial charge in [0, 0.05) is 0 Å². The number of hydrazine groups is 1. The van der Waals surface area contributed by atoms with Crippen molar-refractivity contribution in [3.8, 4) is 0 Å². The SMILES string of the molecule is NNc1cccc(NC2CCCCC2O)n1. The van der Waals surface area contributed by atoms with Gasteiger partial charge in [-0.05, 0) is 25.0 Å². The van der Waals surface area contributed by atoms with Crippen LogP contribution >= 0.6 is 0 Å². The van der Waals surface area contributed by atoms with Gasteiger partial charge < -0.3 is 15.8 Å². The molecule has 1 aromatic rings. The van der Waals surface area contributed by atoms with Crippen molar-refractivity contribution < 1.29 is 5.11 Å². The van der Waals surface area contributed by atoms with Crippen molar-refractivity contribution in [2.45, 2.75) is 37.8 Å². The first kappa shape index (κ1) is 11.2. The molecule has 0 radical (unpaired) electrons. The zero-order valence-corrected chi connectivity index (χ0v) is 9.19. The maximum atomic E-state index is 9.83. The maximum Gasteiger partial charge on any atom is 0.142 e. The number of aliphatic hydroxyl groups is 1. The highest BCUT2D eigenvalue weighted by Gasteiger charge is 2.22. The van der Waals surface area contributed by atoms with Crippen LogP contribution in [0.15, 0.2) is 18.2 Å². The highest BCUT2D eigenvalue weighted by molar-refractivity contribution is 5.45. The van der Waals surface area contributed by atoms with E-state index in [1.165, 1.54) is 0 Å². The summed E-state index contributed by atoms with van der Waals surface area (Å²) in [5.41, 5.74) is 2.50. The molecule has 2 rings (SSSR count). The molecule has 0 amide bonds. The normalized spacial score (nSPS) is 25.1. The maximum absolute atomic E-state index is 9.83. The fraction of sp³-hybridized carbons (Fsp3) is 0.545. The number of hydrogen-bond donors (Lipinski definition) is 4. The number of nitrogen functional groups attached to an aromatic ring is 1. The fourth-order valence-electron chi connectivity index (χ4n) is 2.07. The van der Waals surface area contributed by atoms with Gasteiger partial charge in [0.05, 0.1) is 12.1 Å². The van der Waals surface area contributed by atoms with Crippen molar-refractivity contribution in [2.75, 3.05) is 10.7 Å². The number of hydrogen-bond acceptors (Lipinski definition) is 5. The molecule has 2 unspecified atom stereocenters. The predicted octanol–water partition coefficient (Wildman–Crippen LogP) is 1.08. The molecule has 1 heterocycles. The Morgan fingerprint density at radius 1 is 1.25 bits per heavy atom. The summed E-state index contributed by atoms with van der Waals surface area (Å²) in [5.74, 6) is 6.66. The Morgan fingerprint density at radius 2 is 2.00 bits per heavy atom. The molecule has 1 aliphatic carbocycles. The van der Waals surface area contributed by atoms with Gasteiger partial charge in [0.1, 0.15) is 11.6 Å². The van der Waals surface area contributed by atoms with Crippen LogP contribution in [-0.2, 0) is 0 Å². The number of pyridine rings is 1. The summed E-state index contributed by atoms with van der Waals surface area (Å²) in [4.78, 5) is 4.26. The lowest BCUT2D eigenvalue weighted by atomic mass is 9.92. The van der Waals surface area contributed by atoms with Gasteiger partial charge in [-0.25, -0.2) is 10.8 Å². The zero-order chi connectivity index (χ0) is 11.4. The average Bonchev–Trinajstić information content (AvgIpc) is 2.32. The molecule has 5 N–H and O–H groups in total. The number of nitrogens with two attached hydrogens (primary N) is 1. The van der Waals surface area contributed by atoms with Crippen LogP contribution in [0.4, 0.5) is 11.6 Å². The monoisotopic (exact) mass is 222 g/mol. The fourth-order valence-corrected chi connectivity index (χ4v) is 2.07. The second-order valence-electron chi connectivity index (χ2n) is 4.16. The molecular formula is C11H18N4O. The molecule has 88 valence electrons. The number of nitrogens with zero attached hydrogens (tertiary/aromatic N) is 1. The van der Waals surface area contributed by atoms with Crippen LogP contribution in [0.3, 0.4) is 0 Å². The van der Waals surface area contributed by atoms with E-state index in [1.54, 1.807) is 6.07 Å². The molecule has 1 aromatic heterocycles. The number of aliphatic hydroxyl groups excluding tert-OH is 1. The number of anilines is 2. The second kappa shape index (κ2) is 5.14. The van der Waals surface area contributed by atoms with Gasteiger partial charge in [-0.15, -0.1) is 0 Å². The van der Waals surface area contributed by atoms with E-state index in [0.717, 1.165) is 31.5 Å². The van der Waals surface area contributed by atoms with Gasteiger partial charge in [-0.3, -0.25) is 0 Å². The minimum absolute atomic E-state index is 0.106. The lowest BCUT2D eigenvalue weighted by Crippen LogP contribution is -2.36. The Labute approximate surface area is 95.0 Å². The topological polar surface area (TPSA) is 83.2 Å². The average molecular weight is 222 g/mol. The highest BCUT2D eigenvalue weighted by Crippen LogP contribution is 2.21. The highest BCUT2D eigenvalue weighted by atomic mass is 16.3. The third-order valence-corrected chi connectivity index (χ3v) is 2.96. The van der Waals surface area contributed by atoms with E-state index < -0.39 is 0 Å². The lowest BCUT2D eigenvalue weighted by Gasteiger charge is -2.28. The predicted molar refractivity (Wildman–Crippen MR) is 63.9 cm³/mol. The first-order valence-electron chi connectivity index (χ1n) is 5.68. The van der Waals surface area contributed by atoms with Gasteiger partial charge in [-0.1, -0.05) is 18.9 Å². The molecule has 1 aliphatic rings. The summed E-state index contributed by atoms with van der Waals surface area (Å²) in [7, 11) is 0. The van der Waals surface area contributed by atoms with E-state index >= 15 is 0 Å². The zero-order valence-electron chi connectivity index (χ0n) is 9.19. The summed E-state index contributed by atoms with van der Waals surface area (Å²) in [6.45, 7) is 0. The molecule has 0 saturated heterocycles. The minimum Gasteiger partial charge on any atom is -0.391 e. The summed E-state index contributed by atoms with van der Waals surface area (Å²) >= 11 is 0. The lowest BCUT2D eigenvalue weighted by molar-refractivity contribution is 0.116. The molecule has 0 aromatic carbocycles. The van der Waals surface area contributed by atoms with Crippen LogP contribution in [0.25, 0.3) is 0 Å². The Hall–Kier alpha value is -1.33. The largest absolute Gasteiger partial charge is 0.391 e. The van der Waals surface area contributed by atoms with Crippen LogP contribution in [0.2, 0.25) is 0 Å². The molecular weight excluding hydrogens is 204 g/mol. The number of aromatic nitrogens is 1. The second-order valence-corrected chi connectivity index (χ2v) is 4.16. The van der Waals surface area contributed by atoms with Crippen LogP contribution < -0.4 is 16.6 Å². The van der Waals surface area contributed by atoms with Crippen LogP contribution in [-0.4, -0.2) is 22.2 Å². The van der Waals surface area contributed by atoms with Crippen LogP contribution in [0.1, 0.15) is 25.7 Å². The van der Waals surface area contributed by atoms with Crippen molar-refractivity contribution >= 4 is 11.6 Å². The Kier molecular flexibility index (Phi) is 3.58.